The topological polar surface area (TPSA) is 77.5 Å². The molecule has 1 aromatic carbocycles. The van der Waals surface area contributed by atoms with Gasteiger partial charge in [0.05, 0.1) is 32.8 Å². The number of likely N-dealkylation sites (tertiary alicyclic amines) is 1. The van der Waals surface area contributed by atoms with Gasteiger partial charge in [0, 0.05) is 18.8 Å². The molecule has 1 aliphatic rings. The molecule has 2 N–H and O–H groups in total. The molecule has 1 aliphatic heterocycles. The maximum Gasteiger partial charge on any atom is 0.209 e. The van der Waals surface area contributed by atoms with E-state index in [0.717, 1.165) is 43.1 Å². The monoisotopic (exact) mass is 346 g/mol. The maximum absolute atomic E-state index is 9.80. The van der Waals surface area contributed by atoms with Gasteiger partial charge in [-0.2, -0.15) is 0 Å². The number of rotatable bonds is 6. The lowest BCUT2D eigenvalue weighted by Crippen LogP contribution is -3.14. The number of nitrogens with zero attached hydrogens (tertiary/aromatic N) is 4. The van der Waals surface area contributed by atoms with Crippen LogP contribution in [0.4, 0.5) is 0 Å². The van der Waals surface area contributed by atoms with Crippen LogP contribution in [0.25, 0.3) is 0 Å². The summed E-state index contributed by atoms with van der Waals surface area (Å²) in [6.45, 7) is 6.99. The van der Waals surface area contributed by atoms with Gasteiger partial charge in [0.15, 0.2) is 6.04 Å². The van der Waals surface area contributed by atoms with Crippen molar-refractivity contribution in [2.24, 2.45) is 5.92 Å². The lowest BCUT2D eigenvalue weighted by Gasteiger charge is -2.34. The summed E-state index contributed by atoms with van der Waals surface area (Å²) in [5.74, 6) is 2.19. The fraction of sp³-hybridized carbons (Fsp3) is 0.611. The Labute approximate surface area is 148 Å². The van der Waals surface area contributed by atoms with Crippen LogP contribution in [0, 0.1) is 5.92 Å². The van der Waals surface area contributed by atoms with Gasteiger partial charge in [-0.25, -0.2) is 4.68 Å². The molecule has 0 bridgehead atoms. The van der Waals surface area contributed by atoms with E-state index in [4.69, 9.17) is 4.74 Å². The Morgan fingerprint density at radius 3 is 2.52 bits per heavy atom. The molecule has 0 unspecified atom stereocenters. The summed E-state index contributed by atoms with van der Waals surface area (Å²) >= 11 is 0. The van der Waals surface area contributed by atoms with Crippen LogP contribution in [0.5, 0.6) is 5.75 Å². The number of ether oxygens (including phenoxy) is 1. The first-order valence-corrected chi connectivity index (χ1v) is 9.00. The van der Waals surface area contributed by atoms with Crippen LogP contribution in [0.2, 0.25) is 0 Å². The fourth-order valence-corrected chi connectivity index (χ4v) is 3.69. The van der Waals surface area contributed by atoms with Crippen LogP contribution in [0.15, 0.2) is 24.3 Å². The number of aliphatic hydroxyl groups is 1. The van der Waals surface area contributed by atoms with Crippen LogP contribution >= 0.6 is 0 Å². The van der Waals surface area contributed by atoms with Gasteiger partial charge in [0.1, 0.15) is 5.75 Å². The number of aliphatic hydroxyl groups excluding tert-OH is 1. The molecule has 1 atom stereocenters. The average Bonchev–Trinajstić information content (AvgIpc) is 3.05. The van der Waals surface area contributed by atoms with E-state index >= 15 is 0 Å². The van der Waals surface area contributed by atoms with Crippen LogP contribution in [0.3, 0.4) is 0 Å². The summed E-state index contributed by atoms with van der Waals surface area (Å²) in [5, 5.41) is 22.3. The molecule has 2 heterocycles. The number of aromatic nitrogens is 4. The highest BCUT2D eigenvalue weighted by molar-refractivity contribution is 5.27. The first-order chi connectivity index (χ1) is 12.1. The molecule has 2 aromatic rings. The molecule has 7 heteroatoms. The fourth-order valence-electron chi connectivity index (χ4n) is 3.69. The van der Waals surface area contributed by atoms with E-state index in [1.807, 2.05) is 28.9 Å². The summed E-state index contributed by atoms with van der Waals surface area (Å²) in [6.07, 6.45) is 1.53. The smallest absolute Gasteiger partial charge is 0.209 e. The van der Waals surface area contributed by atoms with Gasteiger partial charge in [-0.05, 0) is 28.1 Å². The molecule has 136 valence electrons. The van der Waals surface area contributed by atoms with Crippen LogP contribution in [-0.2, 0) is 6.54 Å². The van der Waals surface area contributed by atoms with Gasteiger partial charge in [-0.3, -0.25) is 0 Å². The van der Waals surface area contributed by atoms with Gasteiger partial charge in [-0.15, -0.1) is 5.10 Å². The van der Waals surface area contributed by atoms with E-state index in [1.54, 1.807) is 7.11 Å². The van der Waals surface area contributed by atoms with Crippen molar-refractivity contribution in [1.82, 2.24) is 20.2 Å². The molecule has 0 amide bonds. The molecular formula is C18H28N5O2+. The van der Waals surface area contributed by atoms with Crippen molar-refractivity contribution in [3.8, 4) is 5.75 Å². The Balaban J connectivity index is 1.79. The zero-order chi connectivity index (χ0) is 17.8. The standard InChI is InChI=1S/C18H27N5O2/c1-13(2)17(22-10-8-15(24)9-11-22)18-19-20-21-23(18)12-14-4-6-16(25-3)7-5-14/h4-7,13,15,17,24H,8-12H2,1-3H3/p+1/t17-/m1/s1. The van der Waals surface area contributed by atoms with Crippen molar-refractivity contribution in [2.75, 3.05) is 20.2 Å². The Hall–Kier alpha value is -1.99. The lowest BCUT2D eigenvalue weighted by molar-refractivity contribution is -0.941. The van der Waals surface area contributed by atoms with Crippen molar-refractivity contribution in [1.29, 1.82) is 0 Å². The highest BCUT2D eigenvalue weighted by Gasteiger charge is 2.35. The number of piperidine rings is 1. The van der Waals surface area contributed by atoms with E-state index in [1.165, 1.54) is 4.90 Å². The maximum atomic E-state index is 9.80. The second-order valence-corrected chi connectivity index (χ2v) is 7.15. The van der Waals surface area contributed by atoms with Gasteiger partial charge >= 0.3 is 0 Å². The van der Waals surface area contributed by atoms with E-state index in [0.29, 0.717) is 12.5 Å². The number of nitrogens with one attached hydrogen (secondary N) is 1. The van der Waals surface area contributed by atoms with Crippen LogP contribution < -0.4 is 9.64 Å². The van der Waals surface area contributed by atoms with Gasteiger partial charge in [0.25, 0.3) is 0 Å². The van der Waals surface area contributed by atoms with Crippen molar-refractivity contribution in [3.05, 3.63) is 35.7 Å². The molecule has 0 spiro atoms. The molecule has 0 saturated carbocycles. The van der Waals surface area contributed by atoms with Gasteiger partial charge < -0.3 is 14.7 Å². The van der Waals surface area contributed by atoms with Crippen molar-refractivity contribution in [2.45, 2.75) is 45.4 Å². The zero-order valence-electron chi connectivity index (χ0n) is 15.2. The third-order valence-electron chi connectivity index (χ3n) is 5.03. The van der Waals surface area contributed by atoms with E-state index in [9.17, 15) is 5.11 Å². The predicted octanol–water partition coefficient (Wildman–Crippen LogP) is 0.467. The van der Waals surface area contributed by atoms with E-state index < -0.39 is 0 Å². The number of tetrazole rings is 1. The van der Waals surface area contributed by atoms with E-state index in [2.05, 4.69) is 29.4 Å². The summed E-state index contributed by atoms with van der Waals surface area (Å²) in [7, 11) is 1.67. The molecule has 0 radical (unpaired) electrons. The predicted molar refractivity (Wildman–Crippen MR) is 93.4 cm³/mol. The van der Waals surface area contributed by atoms with Crippen LogP contribution in [0.1, 0.15) is 44.1 Å². The first kappa shape index (κ1) is 17.8. The zero-order valence-corrected chi connectivity index (χ0v) is 15.2. The van der Waals surface area contributed by atoms with Crippen LogP contribution in [-0.4, -0.2) is 51.6 Å². The van der Waals surface area contributed by atoms with Crippen molar-refractivity contribution < 1.29 is 14.7 Å². The molecule has 1 aromatic heterocycles. The van der Waals surface area contributed by atoms with E-state index in [-0.39, 0.29) is 12.1 Å². The molecule has 3 rings (SSSR count). The lowest BCUT2D eigenvalue weighted by atomic mass is 9.97. The number of methoxy groups -OCH3 is 1. The number of quaternary nitrogens is 1. The number of hydrogen-bond acceptors (Lipinski definition) is 5. The quantitative estimate of drug-likeness (QED) is 0.795. The minimum absolute atomic E-state index is 0.160. The molecule has 25 heavy (non-hydrogen) atoms. The SMILES string of the molecule is COc1ccc(Cn2nnnc2[C@@H](C(C)C)[NH+]2CCC(O)CC2)cc1. The number of hydrogen-bond donors (Lipinski definition) is 2. The molecule has 7 nitrogen and oxygen atoms in total. The number of benzene rings is 1. The normalized spacial score (nSPS) is 22.1. The third-order valence-corrected chi connectivity index (χ3v) is 5.03. The van der Waals surface area contributed by atoms with Crippen molar-refractivity contribution >= 4 is 0 Å². The summed E-state index contributed by atoms with van der Waals surface area (Å²) in [6, 6.07) is 8.23. The second-order valence-electron chi connectivity index (χ2n) is 7.15. The molecule has 0 aliphatic carbocycles. The molecule has 1 saturated heterocycles. The summed E-state index contributed by atoms with van der Waals surface area (Å²) in [4.78, 5) is 1.46. The van der Waals surface area contributed by atoms with Gasteiger partial charge in [0.2, 0.25) is 5.82 Å². The highest BCUT2D eigenvalue weighted by Crippen LogP contribution is 2.19. The minimum Gasteiger partial charge on any atom is -0.497 e. The Morgan fingerprint density at radius 1 is 1.24 bits per heavy atom. The first-order valence-electron chi connectivity index (χ1n) is 9.00. The molecular weight excluding hydrogens is 318 g/mol. The Kier molecular flexibility index (Phi) is 5.65. The summed E-state index contributed by atoms with van der Waals surface area (Å²) < 4.78 is 7.12. The average molecular weight is 346 g/mol. The second kappa shape index (κ2) is 7.93. The van der Waals surface area contributed by atoms with Crippen molar-refractivity contribution in [3.63, 3.8) is 0 Å². The van der Waals surface area contributed by atoms with Gasteiger partial charge in [-0.1, -0.05) is 26.0 Å². The summed E-state index contributed by atoms with van der Waals surface area (Å²) in [5.41, 5.74) is 1.14. The highest BCUT2D eigenvalue weighted by atomic mass is 16.5. The third kappa shape index (κ3) is 4.16. The Morgan fingerprint density at radius 2 is 1.92 bits per heavy atom. The largest absolute Gasteiger partial charge is 0.497 e. The molecule has 1 fully saturated rings. The Bertz CT molecular complexity index is 662. The minimum atomic E-state index is -0.160.